The molecule has 18 heavy (non-hydrogen) atoms. The molecule has 0 spiro atoms. The zero-order chi connectivity index (χ0) is 13.5. The zero-order valence-electron chi connectivity index (χ0n) is 10.7. The monoisotopic (exact) mass is 251 g/mol. The number of hydrogen-bond donors (Lipinski definition) is 2. The Balaban J connectivity index is 2.38. The van der Waals surface area contributed by atoms with Gasteiger partial charge < -0.3 is 15.0 Å². The van der Waals surface area contributed by atoms with Crippen LogP contribution in [-0.2, 0) is 4.79 Å². The van der Waals surface area contributed by atoms with Crippen molar-refractivity contribution in [2.75, 3.05) is 11.9 Å². The highest BCUT2D eigenvalue weighted by Gasteiger charge is 2.34. The Morgan fingerprint density at radius 3 is 2.67 bits per heavy atom. The van der Waals surface area contributed by atoms with Gasteiger partial charge in [-0.25, -0.2) is 9.78 Å². The first-order valence-electron chi connectivity index (χ1n) is 5.91. The maximum Gasteiger partial charge on any atom is 0.328 e. The predicted octanol–water partition coefficient (Wildman–Crippen LogP) is 0.947. The second-order valence-electron chi connectivity index (χ2n) is 5.19. The number of aromatic amines is 1. The molecule has 1 heterocycles. The normalized spacial score (nSPS) is 15.5. The quantitative estimate of drug-likeness (QED) is 0.832. The van der Waals surface area contributed by atoms with Crippen LogP contribution < -0.4 is 10.5 Å². The molecule has 0 atom stereocenters. The number of hydrogen-bond acceptors (Lipinski definition) is 4. The van der Waals surface area contributed by atoms with Gasteiger partial charge in [0, 0.05) is 19.0 Å². The van der Waals surface area contributed by atoms with E-state index >= 15 is 0 Å². The first kappa shape index (κ1) is 12.6. The number of rotatable bonds is 4. The van der Waals surface area contributed by atoms with Crippen molar-refractivity contribution in [2.24, 2.45) is 0 Å². The number of H-pyrrole nitrogens is 1. The van der Waals surface area contributed by atoms with Crippen molar-refractivity contribution >= 4 is 11.8 Å². The van der Waals surface area contributed by atoms with Gasteiger partial charge in [0.2, 0.25) is 0 Å². The molecule has 1 saturated carbocycles. The van der Waals surface area contributed by atoms with E-state index in [2.05, 4.69) is 9.97 Å². The number of carbonyl (C=O) groups is 1. The van der Waals surface area contributed by atoms with Gasteiger partial charge in [-0.05, 0) is 26.7 Å². The Labute approximate surface area is 105 Å². The Morgan fingerprint density at radius 2 is 2.17 bits per heavy atom. The van der Waals surface area contributed by atoms with Crippen LogP contribution in [0.25, 0.3) is 0 Å². The molecule has 1 aromatic rings. The molecule has 0 aliphatic heterocycles. The lowest BCUT2D eigenvalue weighted by atomic mass is 10.0. The summed E-state index contributed by atoms with van der Waals surface area (Å²) in [6.07, 6.45) is 2.05. The maximum atomic E-state index is 11.6. The van der Waals surface area contributed by atoms with Crippen LogP contribution in [0.3, 0.4) is 0 Å². The topological polar surface area (TPSA) is 86.3 Å². The van der Waals surface area contributed by atoms with Crippen LogP contribution in [0.2, 0.25) is 0 Å². The molecule has 1 aromatic heterocycles. The first-order chi connectivity index (χ1) is 8.32. The minimum absolute atomic E-state index is 0.241. The number of aliphatic carboxylic acids is 1. The number of aromatic nitrogens is 2. The fourth-order valence-electron chi connectivity index (χ4n) is 1.61. The van der Waals surface area contributed by atoms with Crippen molar-refractivity contribution in [3.05, 3.63) is 22.2 Å². The van der Waals surface area contributed by atoms with Gasteiger partial charge in [0.05, 0.1) is 0 Å². The summed E-state index contributed by atoms with van der Waals surface area (Å²) in [5.41, 5.74) is -1.35. The fourth-order valence-corrected chi connectivity index (χ4v) is 1.61. The molecule has 6 nitrogen and oxygen atoms in total. The average Bonchev–Trinajstić information content (AvgIpc) is 3.10. The van der Waals surface area contributed by atoms with Gasteiger partial charge in [-0.2, -0.15) is 0 Å². The van der Waals surface area contributed by atoms with E-state index in [4.69, 9.17) is 0 Å². The van der Waals surface area contributed by atoms with Crippen molar-refractivity contribution in [3.8, 4) is 0 Å². The summed E-state index contributed by atoms with van der Waals surface area (Å²) in [4.78, 5) is 31.3. The maximum absolute atomic E-state index is 11.6. The number of anilines is 1. The Hall–Kier alpha value is -1.85. The second-order valence-corrected chi connectivity index (χ2v) is 5.19. The fraction of sp³-hybridized carbons (Fsp3) is 0.583. The third-order valence-electron chi connectivity index (χ3n) is 3.42. The summed E-state index contributed by atoms with van der Waals surface area (Å²) in [5, 5.41) is 9.18. The molecule has 0 aromatic carbocycles. The van der Waals surface area contributed by atoms with Crippen LogP contribution in [0, 0.1) is 0 Å². The lowest BCUT2D eigenvalue weighted by Crippen LogP contribution is -2.48. The van der Waals surface area contributed by atoms with E-state index in [1.165, 1.54) is 11.0 Å². The van der Waals surface area contributed by atoms with Crippen LogP contribution in [-0.4, -0.2) is 33.6 Å². The van der Waals surface area contributed by atoms with E-state index < -0.39 is 11.5 Å². The minimum Gasteiger partial charge on any atom is -0.480 e. The minimum atomic E-state index is -1.11. The van der Waals surface area contributed by atoms with E-state index in [0.717, 1.165) is 12.8 Å². The number of nitrogens with one attached hydrogen (secondary N) is 1. The third kappa shape index (κ3) is 2.23. The molecule has 1 fully saturated rings. The molecule has 0 radical (unpaired) electrons. The third-order valence-corrected chi connectivity index (χ3v) is 3.42. The molecular weight excluding hydrogens is 234 g/mol. The number of carboxylic acid groups (broad SMARTS) is 1. The van der Waals surface area contributed by atoms with Crippen molar-refractivity contribution in [1.82, 2.24) is 9.97 Å². The van der Waals surface area contributed by atoms with E-state index in [9.17, 15) is 14.7 Å². The largest absolute Gasteiger partial charge is 0.480 e. The number of carboxylic acids is 1. The average molecular weight is 251 g/mol. The standard InChI is InChI=1S/C12H17N3O3/c1-12(2,11(17)18)15(3)8-6-9(16)14-10(13-8)7-4-5-7/h6-7H,4-5H2,1-3H3,(H,17,18)(H,13,14,16). The summed E-state index contributed by atoms with van der Waals surface area (Å²) in [6, 6.07) is 1.33. The molecular formula is C12H17N3O3. The molecule has 0 saturated heterocycles. The summed E-state index contributed by atoms with van der Waals surface area (Å²) in [5.74, 6) is 0.414. The summed E-state index contributed by atoms with van der Waals surface area (Å²) in [7, 11) is 1.63. The lowest BCUT2D eigenvalue weighted by Gasteiger charge is -2.32. The molecule has 0 amide bonds. The zero-order valence-corrected chi connectivity index (χ0v) is 10.7. The highest BCUT2D eigenvalue weighted by molar-refractivity contribution is 5.81. The van der Waals surface area contributed by atoms with Crippen molar-refractivity contribution in [1.29, 1.82) is 0 Å². The molecule has 2 rings (SSSR count). The van der Waals surface area contributed by atoms with Gasteiger partial charge in [0.1, 0.15) is 17.2 Å². The Bertz CT molecular complexity index is 532. The van der Waals surface area contributed by atoms with Crippen LogP contribution in [0.1, 0.15) is 38.4 Å². The van der Waals surface area contributed by atoms with Gasteiger partial charge in [-0.15, -0.1) is 0 Å². The molecule has 1 aliphatic carbocycles. The van der Waals surface area contributed by atoms with Crippen LogP contribution in [0.5, 0.6) is 0 Å². The van der Waals surface area contributed by atoms with Gasteiger partial charge in [-0.3, -0.25) is 4.79 Å². The van der Waals surface area contributed by atoms with E-state index in [-0.39, 0.29) is 5.56 Å². The van der Waals surface area contributed by atoms with Gasteiger partial charge in [0.25, 0.3) is 5.56 Å². The summed E-state index contributed by atoms with van der Waals surface area (Å²) >= 11 is 0. The highest BCUT2D eigenvalue weighted by atomic mass is 16.4. The van der Waals surface area contributed by atoms with E-state index in [0.29, 0.717) is 17.6 Å². The molecule has 2 N–H and O–H groups in total. The second kappa shape index (κ2) is 4.12. The van der Waals surface area contributed by atoms with Crippen molar-refractivity contribution < 1.29 is 9.90 Å². The molecule has 0 unspecified atom stereocenters. The molecule has 1 aliphatic rings. The van der Waals surface area contributed by atoms with E-state index in [1.807, 2.05) is 0 Å². The predicted molar refractivity (Wildman–Crippen MR) is 67.0 cm³/mol. The molecule has 6 heteroatoms. The highest BCUT2D eigenvalue weighted by Crippen LogP contribution is 2.38. The van der Waals surface area contributed by atoms with E-state index in [1.54, 1.807) is 20.9 Å². The number of nitrogens with zero attached hydrogens (tertiary/aromatic N) is 2. The number of likely N-dealkylation sites (N-methyl/N-ethyl adjacent to an activating group) is 1. The van der Waals surface area contributed by atoms with Crippen molar-refractivity contribution in [3.63, 3.8) is 0 Å². The SMILES string of the molecule is CN(c1cc(=O)[nH]c(C2CC2)n1)C(C)(C)C(=O)O. The van der Waals surface area contributed by atoms with Gasteiger partial charge >= 0.3 is 5.97 Å². The van der Waals surface area contributed by atoms with Gasteiger partial charge in [0.15, 0.2) is 0 Å². The van der Waals surface area contributed by atoms with Crippen molar-refractivity contribution in [2.45, 2.75) is 38.1 Å². The molecule has 0 bridgehead atoms. The Kier molecular flexibility index (Phi) is 2.88. The smallest absolute Gasteiger partial charge is 0.328 e. The summed E-state index contributed by atoms with van der Waals surface area (Å²) in [6.45, 7) is 3.16. The van der Waals surface area contributed by atoms with Gasteiger partial charge in [-0.1, -0.05) is 0 Å². The molecule has 98 valence electrons. The van der Waals surface area contributed by atoms with Crippen LogP contribution in [0.4, 0.5) is 5.82 Å². The first-order valence-corrected chi connectivity index (χ1v) is 5.91. The van der Waals surface area contributed by atoms with Crippen LogP contribution >= 0.6 is 0 Å². The Morgan fingerprint density at radius 1 is 1.56 bits per heavy atom. The lowest BCUT2D eigenvalue weighted by molar-refractivity contribution is -0.142. The summed E-state index contributed by atoms with van der Waals surface area (Å²) < 4.78 is 0. The van der Waals surface area contributed by atoms with Crippen LogP contribution in [0.15, 0.2) is 10.9 Å².